The lowest BCUT2D eigenvalue weighted by Gasteiger charge is -1.85. The second kappa shape index (κ2) is 2.10. The normalized spacial score (nSPS) is 13.7. The van der Waals surface area contributed by atoms with Crippen LogP contribution in [0.15, 0.2) is 23.2 Å². The number of hydrogen-bond donors (Lipinski definition) is 0. The van der Waals surface area contributed by atoms with Crippen LogP contribution in [0.25, 0.3) is 6.08 Å². The summed E-state index contributed by atoms with van der Waals surface area (Å²) in [6.45, 7) is 0.777. The lowest BCUT2D eigenvalue weighted by atomic mass is 10.3. The molecule has 0 aliphatic carbocycles. The Kier molecular flexibility index (Phi) is 1.24. The first-order valence-electron chi connectivity index (χ1n) is 3.17. The molecule has 0 aromatic heterocycles. The van der Waals surface area contributed by atoms with Gasteiger partial charge >= 0.3 is 0 Å². The molecule has 0 atom stereocenters. The summed E-state index contributed by atoms with van der Waals surface area (Å²) < 4.78 is 0. The fraction of sp³-hybridized carbons (Fsp3) is 0.125. The Labute approximate surface area is 63.7 Å². The number of hydrogen-bond acceptors (Lipinski definition) is 1. The van der Waals surface area contributed by atoms with Crippen LogP contribution in [0.4, 0.5) is 0 Å². The largest absolute Gasteiger partial charge is 0.281 e. The van der Waals surface area contributed by atoms with E-state index in [4.69, 9.17) is 11.6 Å². The van der Waals surface area contributed by atoms with Crippen LogP contribution in [0.3, 0.4) is 0 Å². The van der Waals surface area contributed by atoms with Crippen LogP contribution in [0, 0.1) is 0 Å². The van der Waals surface area contributed by atoms with Crippen LogP contribution in [0.1, 0.15) is 0 Å². The van der Waals surface area contributed by atoms with Crippen LogP contribution < -0.4 is 10.6 Å². The SMILES string of the molecule is Clc1cccc2c1=CCN=2. The van der Waals surface area contributed by atoms with Crippen molar-refractivity contribution in [3.05, 3.63) is 33.8 Å². The topological polar surface area (TPSA) is 12.4 Å². The Bertz CT molecular complexity index is 367. The molecule has 2 heteroatoms. The van der Waals surface area contributed by atoms with Gasteiger partial charge in [0.2, 0.25) is 0 Å². The maximum absolute atomic E-state index is 5.88. The summed E-state index contributed by atoms with van der Waals surface area (Å²) in [5, 5.41) is 2.91. The molecule has 0 amide bonds. The first-order chi connectivity index (χ1) is 4.88. The number of halogens is 1. The van der Waals surface area contributed by atoms with E-state index >= 15 is 0 Å². The van der Waals surface area contributed by atoms with Gasteiger partial charge in [-0.15, -0.1) is 0 Å². The van der Waals surface area contributed by atoms with E-state index in [-0.39, 0.29) is 0 Å². The molecular formula is C8H6ClN. The Balaban J connectivity index is 2.97. The van der Waals surface area contributed by atoms with Gasteiger partial charge in [0, 0.05) is 10.2 Å². The zero-order valence-electron chi connectivity index (χ0n) is 5.34. The fourth-order valence-electron chi connectivity index (χ4n) is 1.10. The Hall–Kier alpha value is -0.820. The van der Waals surface area contributed by atoms with E-state index in [1.165, 1.54) is 0 Å². The van der Waals surface area contributed by atoms with E-state index in [0.717, 1.165) is 22.1 Å². The fourth-order valence-corrected chi connectivity index (χ4v) is 1.35. The molecule has 0 N–H and O–H groups in total. The van der Waals surface area contributed by atoms with Gasteiger partial charge in [0.15, 0.2) is 0 Å². The van der Waals surface area contributed by atoms with Gasteiger partial charge in [0.25, 0.3) is 0 Å². The standard InChI is InChI=1S/C8H6ClN/c9-7-2-1-3-8-6(7)4-5-10-8/h1-4H,5H2. The predicted octanol–water partition coefficient (Wildman–Crippen LogP) is 0.754. The highest BCUT2D eigenvalue weighted by atomic mass is 35.5. The molecule has 1 aromatic carbocycles. The minimum absolute atomic E-state index is 0.777. The van der Waals surface area contributed by atoms with Gasteiger partial charge in [0.1, 0.15) is 0 Å². The molecule has 50 valence electrons. The highest BCUT2D eigenvalue weighted by molar-refractivity contribution is 6.30. The van der Waals surface area contributed by atoms with Crippen LogP contribution in [-0.2, 0) is 0 Å². The van der Waals surface area contributed by atoms with Crippen molar-refractivity contribution in [1.82, 2.24) is 0 Å². The summed E-state index contributed by atoms with van der Waals surface area (Å²) in [5.41, 5.74) is 0. The minimum Gasteiger partial charge on any atom is -0.281 e. The molecule has 0 saturated heterocycles. The Morgan fingerprint density at radius 3 is 3.10 bits per heavy atom. The average molecular weight is 152 g/mol. The van der Waals surface area contributed by atoms with Gasteiger partial charge in [-0.2, -0.15) is 0 Å². The van der Waals surface area contributed by atoms with Crippen LogP contribution in [0.5, 0.6) is 0 Å². The quantitative estimate of drug-likeness (QED) is 0.519. The van der Waals surface area contributed by atoms with E-state index in [2.05, 4.69) is 4.99 Å². The average Bonchev–Trinajstić information content (AvgIpc) is 2.36. The second-order valence-corrected chi connectivity index (χ2v) is 2.62. The number of nitrogens with zero attached hydrogens (tertiary/aromatic N) is 1. The summed E-state index contributed by atoms with van der Waals surface area (Å²) in [5.74, 6) is 0. The summed E-state index contributed by atoms with van der Waals surface area (Å²) in [6.07, 6.45) is 2.04. The van der Waals surface area contributed by atoms with Gasteiger partial charge in [-0.25, -0.2) is 0 Å². The summed E-state index contributed by atoms with van der Waals surface area (Å²) in [7, 11) is 0. The van der Waals surface area contributed by atoms with Crippen LogP contribution in [0.2, 0.25) is 5.02 Å². The smallest absolute Gasteiger partial charge is 0.0662 e. The third kappa shape index (κ3) is 0.745. The zero-order valence-corrected chi connectivity index (χ0v) is 6.10. The molecule has 1 aliphatic heterocycles. The lowest BCUT2D eigenvalue weighted by molar-refractivity contribution is 1.22. The molecule has 1 aliphatic rings. The molecule has 0 fully saturated rings. The highest BCUT2D eigenvalue weighted by Crippen LogP contribution is 1.97. The van der Waals surface area contributed by atoms with Crippen LogP contribution >= 0.6 is 11.6 Å². The van der Waals surface area contributed by atoms with E-state index < -0.39 is 0 Å². The number of rotatable bonds is 0. The predicted molar refractivity (Wildman–Crippen MR) is 41.6 cm³/mol. The Morgan fingerprint density at radius 1 is 1.40 bits per heavy atom. The van der Waals surface area contributed by atoms with Crippen molar-refractivity contribution in [2.75, 3.05) is 6.54 Å². The number of benzene rings is 1. The van der Waals surface area contributed by atoms with Crippen molar-refractivity contribution in [3.8, 4) is 0 Å². The van der Waals surface area contributed by atoms with Crippen molar-refractivity contribution < 1.29 is 0 Å². The maximum atomic E-state index is 5.88. The molecule has 0 unspecified atom stereocenters. The minimum atomic E-state index is 0.777. The highest BCUT2D eigenvalue weighted by Gasteiger charge is 1.96. The molecule has 0 radical (unpaired) electrons. The van der Waals surface area contributed by atoms with E-state index in [1.807, 2.05) is 24.3 Å². The first-order valence-corrected chi connectivity index (χ1v) is 3.55. The molecule has 1 aromatic rings. The van der Waals surface area contributed by atoms with Crippen molar-refractivity contribution >= 4 is 17.7 Å². The van der Waals surface area contributed by atoms with Gasteiger partial charge in [0.05, 0.1) is 11.9 Å². The zero-order chi connectivity index (χ0) is 6.97. The molecule has 2 rings (SSSR count). The van der Waals surface area contributed by atoms with Gasteiger partial charge in [-0.1, -0.05) is 23.7 Å². The third-order valence-corrected chi connectivity index (χ3v) is 1.92. The van der Waals surface area contributed by atoms with Crippen molar-refractivity contribution in [3.63, 3.8) is 0 Å². The van der Waals surface area contributed by atoms with Crippen molar-refractivity contribution in [2.45, 2.75) is 0 Å². The lowest BCUT2D eigenvalue weighted by Crippen LogP contribution is -2.21. The molecular weight excluding hydrogens is 146 g/mol. The molecule has 0 saturated carbocycles. The monoisotopic (exact) mass is 151 g/mol. The van der Waals surface area contributed by atoms with Gasteiger partial charge in [-0.05, 0) is 12.1 Å². The third-order valence-electron chi connectivity index (χ3n) is 1.59. The maximum Gasteiger partial charge on any atom is 0.0662 e. The van der Waals surface area contributed by atoms with Crippen LogP contribution in [-0.4, -0.2) is 6.54 Å². The molecule has 10 heavy (non-hydrogen) atoms. The molecule has 0 spiro atoms. The summed E-state index contributed by atoms with van der Waals surface area (Å²) >= 11 is 5.88. The van der Waals surface area contributed by atoms with E-state index in [0.29, 0.717) is 0 Å². The van der Waals surface area contributed by atoms with E-state index in [9.17, 15) is 0 Å². The first kappa shape index (κ1) is 5.93. The summed E-state index contributed by atoms with van der Waals surface area (Å²) in [4.78, 5) is 4.22. The van der Waals surface area contributed by atoms with Crippen molar-refractivity contribution in [2.24, 2.45) is 4.99 Å². The van der Waals surface area contributed by atoms with Gasteiger partial charge < -0.3 is 0 Å². The second-order valence-electron chi connectivity index (χ2n) is 2.22. The van der Waals surface area contributed by atoms with Gasteiger partial charge in [-0.3, -0.25) is 4.99 Å². The molecule has 1 nitrogen and oxygen atoms in total. The van der Waals surface area contributed by atoms with Crippen molar-refractivity contribution in [1.29, 1.82) is 0 Å². The van der Waals surface area contributed by atoms with E-state index in [1.54, 1.807) is 0 Å². The summed E-state index contributed by atoms with van der Waals surface area (Å²) in [6, 6.07) is 5.78. The number of fused-ring (bicyclic) bond motifs is 1. The molecule has 1 heterocycles. The molecule has 0 bridgehead atoms. The Morgan fingerprint density at radius 2 is 2.30 bits per heavy atom.